The Bertz CT molecular complexity index is 662. The van der Waals surface area contributed by atoms with Crippen LogP contribution >= 0.6 is 0 Å². The first-order valence-electron chi connectivity index (χ1n) is 9.79. The van der Waals surface area contributed by atoms with Crippen molar-refractivity contribution in [2.75, 3.05) is 0 Å². The van der Waals surface area contributed by atoms with Gasteiger partial charge in [0.1, 0.15) is 11.4 Å². The second-order valence-electron chi connectivity index (χ2n) is 9.64. The molecule has 2 atom stereocenters. The molecule has 0 saturated heterocycles. The van der Waals surface area contributed by atoms with Gasteiger partial charge in [-0.25, -0.2) is 4.79 Å². The van der Waals surface area contributed by atoms with E-state index in [0.29, 0.717) is 17.4 Å². The van der Waals surface area contributed by atoms with E-state index in [1.54, 1.807) is 26.8 Å². The van der Waals surface area contributed by atoms with Crippen molar-refractivity contribution < 1.29 is 19.1 Å². The highest BCUT2D eigenvalue weighted by atomic mass is 16.7. The van der Waals surface area contributed by atoms with Crippen LogP contribution in [0.1, 0.15) is 97.0 Å². The summed E-state index contributed by atoms with van der Waals surface area (Å²) in [4.78, 5) is 24.2. The molecule has 0 spiro atoms. The zero-order valence-corrected chi connectivity index (χ0v) is 18.4. The number of hydrogen-bond acceptors (Lipinski definition) is 4. The van der Waals surface area contributed by atoms with Crippen molar-refractivity contribution in [3.8, 4) is 5.75 Å². The van der Waals surface area contributed by atoms with Crippen molar-refractivity contribution in [3.05, 3.63) is 29.3 Å². The van der Waals surface area contributed by atoms with Gasteiger partial charge in [0.25, 0.3) is 0 Å². The van der Waals surface area contributed by atoms with E-state index in [-0.39, 0.29) is 16.9 Å². The Balaban J connectivity index is 3.23. The molecule has 1 aromatic rings. The van der Waals surface area contributed by atoms with Crippen LogP contribution in [0.25, 0.3) is 0 Å². The largest absolute Gasteiger partial charge is 0.514 e. The number of carbonyl (C=O) groups is 2. The number of Topliss-reactive ketones (excluding diaryl/α,β-unsaturated/α-hetero) is 1. The molecule has 0 heterocycles. The highest BCUT2D eigenvalue weighted by Gasteiger charge is 2.26. The van der Waals surface area contributed by atoms with Crippen molar-refractivity contribution >= 4 is 11.9 Å². The molecule has 0 aliphatic heterocycles. The summed E-state index contributed by atoms with van der Waals surface area (Å²) in [5, 5.41) is 0. The number of carbonyl (C=O) groups excluding carboxylic acids is 2. The third-order valence-electron chi connectivity index (χ3n) is 4.56. The van der Waals surface area contributed by atoms with Gasteiger partial charge in [0.2, 0.25) is 0 Å². The van der Waals surface area contributed by atoms with Gasteiger partial charge < -0.3 is 9.47 Å². The standard InChI is InChI=1S/C23H36O4/c1-10-15(2)19(14-22(4,5)6)17-11-12-20(18(13-17)16(3)24)26-21(25)27-23(7,8)9/h11-13,15,19H,10,14H2,1-9H3. The zero-order valence-electron chi connectivity index (χ0n) is 18.4. The van der Waals surface area contributed by atoms with Gasteiger partial charge in [-0.05, 0) is 69.1 Å². The SMILES string of the molecule is CCC(C)C(CC(C)(C)C)c1ccc(OC(=O)OC(C)(C)C)c(C(C)=O)c1. The fourth-order valence-electron chi connectivity index (χ4n) is 3.09. The Morgan fingerprint density at radius 1 is 1.07 bits per heavy atom. The minimum atomic E-state index is -0.800. The molecule has 0 fully saturated rings. The van der Waals surface area contributed by atoms with E-state index >= 15 is 0 Å². The minimum Gasteiger partial charge on any atom is -0.428 e. The summed E-state index contributed by atoms with van der Waals surface area (Å²) in [7, 11) is 0. The van der Waals surface area contributed by atoms with Crippen LogP contribution in [-0.4, -0.2) is 17.5 Å². The summed E-state index contributed by atoms with van der Waals surface area (Å²) < 4.78 is 10.5. The second kappa shape index (κ2) is 8.90. The molecule has 1 aromatic carbocycles. The predicted molar refractivity (Wildman–Crippen MR) is 110 cm³/mol. The van der Waals surface area contributed by atoms with E-state index in [0.717, 1.165) is 18.4 Å². The summed E-state index contributed by atoms with van der Waals surface area (Å²) >= 11 is 0. The van der Waals surface area contributed by atoms with E-state index in [9.17, 15) is 9.59 Å². The van der Waals surface area contributed by atoms with Gasteiger partial charge in [0.05, 0.1) is 5.56 Å². The smallest absolute Gasteiger partial charge is 0.428 e. The van der Waals surface area contributed by atoms with Gasteiger partial charge in [-0.15, -0.1) is 0 Å². The number of hydrogen-bond donors (Lipinski definition) is 0. The van der Waals surface area contributed by atoms with Crippen LogP contribution in [0, 0.1) is 11.3 Å². The molecule has 27 heavy (non-hydrogen) atoms. The Labute approximate surface area is 164 Å². The third kappa shape index (κ3) is 7.74. The molecule has 0 aliphatic carbocycles. The van der Waals surface area contributed by atoms with Crippen molar-refractivity contribution in [1.82, 2.24) is 0 Å². The average Bonchev–Trinajstić information content (AvgIpc) is 2.49. The van der Waals surface area contributed by atoms with Gasteiger partial charge in [-0.2, -0.15) is 0 Å². The van der Waals surface area contributed by atoms with Crippen molar-refractivity contribution in [3.63, 3.8) is 0 Å². The first-order valence-corrected chi connectivity index (χ1v) is 9.79. The maximum Gasteiger partial charge on any atom is 0.514 e. The number of ketones is 1. The number of ether oxygens (including phenoxy) is 2. The van der Waals surface area contributed by atoms with E-state index in [2.05, 4.69) is 34.6 Å². The fourth-order valence-corrected chi connectivity index (χ4v) is 3.09. The van der Waals surface area contributed by atoms with E-state index in [1.165, 1.54) is 6.92 Å². The molecular weight excluding hydrogens is 340 g/mol. The Morgan fingerprint density at radius 3 is 2.11 bits per heavy atom. The molecule has 4 heteroatoms. The number of benzene rings is 1. The molecule has 0 amide bonds. The van der Waals surface area contributed by atoms with E-state index in [1.807, 2.05) is 12.1 Å². The van der Waals surface area contributed by atoms with Crippen molar-refractivity contribution in [1.29, 1.82) is 0 Å². The third-order valence-corrected chi connectivity index (χ3v) is 4.56. The molecule has 2 unspecified atom stereocenters. The predicted octanol–water partition coefficient (Wildman–Crippen LogP) is 6.77. The van der Waals surface area contributed by atoms with Gasteiger partial charge in [-0.1, -0.05) is 47.1 Å². The van der Waals surface area contributed by atoms with Gasteiger partial charge >= 0.3 is 6.16 Å². The Morgan fingerprint density at radius 2 is 1.67 bits per heavy atom. The molecule has 0 aromatic heterocycles. The van der Waals surface area contributed by atoms with E-state index < -0.39 is 11.8 Å². The van der Waals surface area contributed by atoms with Crippen molar-refractivity contribution in [2.45, 2.75) is 86.7 Å². The maximum atomic E-state index is 12.2. The lowest BCUT2D eigenvalue weighted by molar-refractivity contribution is 0.0205. The molecule has 1 rings (SSSR count). The summed E-state index contributed by atoms with van der Waals surface area (Å²) in [5.74, 6) is 0.943. The highest BCUT2D eigenvalue weighted by molar-refractivity contribution is 5.97. The summed E-state index contributed by atoms with van der Waals surface area (Å²) in [6.07, 6.45) is 1.28. The normalized spacial score (nSPS) is 14.4. The molecule has 0 bridgehead atoms. The van der Waals surface area contributed by atoms with Crippen LogP contribution in [0.5, 0.6) is 5.75 Å². The highest BCUT2D eigenvalue weighted by Crippen LogP contribution is 2.39. The van der Waals surface area contributed by atoms with E-state index in [4.69, 9.17) is 9.47 Å². The molecule has 0 radical (unpaired) electrons. The first kappa shape index (κ1) is 23.2. The lowest BCUT2D eigenvalue weighted by Crippen LogP contribution is -2.26. The fraction of sp³-hybridized carbons (Fsp3) is 0.652. The van der Waals surface area contributed by atoms with Crippen LogP contribution in [0.2, 0.25) is 0 Å². The van der Waals surface area contributed by atoms with Gasteiger partial charge in [-0.3, -0.25) is 4.79 Å². The molecule has 0 N–H and O–H groups in total. The van der Waals surface area contributed by atoms with Gasteiger partial charge in [0.15, 0.2) is 5.78 Å². The summed E-state index contributed by atoms with van der Waals surface area (Å²) in [6.45, 7) is 17.9. The van der Waals surface area contributed by atoms with Crippen LogP contribution in [-0.2, 0) is 4.74 Å². The van der Waals surface area contributed by atoms with Crippen LogP contribution < -0.4 is 4.74 Å². The second-order valence-corrected chi connectivity index (χ2v) is 9.64. The Kier molecular flexibility index (Phi) is 7.65. The number of rotatable bonds is 6. The Hall–Kier alpha value is -1.84. The molecule has 4 nitrogen and oxygen atoms in total. The summed E-state index contributed by atoms with van der Waals surface area (Å²) in [5.41, 5.74) is 1.05. The van der Waals surface area contributed by atoms with Crippen LogP contribution in [0.3, 0.4) is 0 Å². The zero-order chi connectivity index (χ0) is 21.0. The first-order chi connectivity index (χ1) is 12.2. The monoisotopic (exact) mass is 376 g/mol. The van der Waals surface area contributed by atoms with Crippen LogP contribution in [0.4, 0.5) is 4.79 Å². The lowest BCUT2D eigenvalue weighted by atomic mass is 9.74. The van der Waals surface area contributed by atoms with Crippen LogP contribution in [0.15, 0.2) is 18.2 Å². The molecule has 0 aliphatic rings. The molecular formula is C23H36O4. The molecule has 0 saturated carbocycles. The minimum absolute atomic E-state index is 0.130. The topological polar surface area (TPSA) is 52.6 Å². The van der Waals surface area contributed by atoms with Crippen molar-refractivity contribution in [2.24, 2.45) is 11.3 Å². The molecule has 152 valence electrons. The quantitative estimate of drug-likeness (QED) is 0.312. The van der Waals surface area contributed by atoms with Gasteiger partial charge in [0, 0.05) is 0 Å². The maximum absolute atomic E-state index is 12.2. The lowest BCUT2D eigenvalue weighted by Gasteiger charge is -2.31. The average molecular weight is 377 g/mol. The summed E-state index contributed by atoms with van der Waals surface area (Å²) in [6, 6.07) is 5.56.